The second-order valence-electron chi connectivity index (χ2n) is 6.65. The lowest BCUT2D eigenvalue weighted by Gasteiger charge is -2.42. The van der Waals surface area contributed by atoms with E-state index >= 15 is 0 Å². The average molecular weight is 239 g/mol. The minimum Gasteiger partial charge on any atom is -0.315 e. The first kappa shape index (κ1) is 13.3. The maximum absolute atomic E-state index is 3.58. The molecule has 100 valence electrons. The monoisotopic (exact) mass is 239 g/mol. The lowest BCUT2D eigenvalue weighted by molar-refractivity contribution is 0.0628. The summed E-state index contributed by atoms with van der Waals surface area (Å²) < 4.78 is 0. The Morgan fingerprint density at radius 3 is 2.24 bits per heavy atom. The van der Waals surface area contributed by atoms with Gasteiger partial charge in [0.15, 0.2) is 0 Å². The highest BCUT2D eigenvalue weighted by molar-refractivity contribution is 4.82. The van der Waals surface area contributed by atoms with Crippen molar-refractivity contribution in [1.82, 2.24) is 15.1 Å². The number of rotatable bonds is 5. The van der Waals surface area contributed by atoms with Gasteiger partial charge in [0.1, 0.15) is 0 Å². The highest BCUT2D eigenvalue weighted by Gasteiger charge is 2.25. The van der Waals surface area contributed by atoms with E-state index in [1.807, 2.05) is 0 Å². The van der Waals surface area contributed by atoms with Gasteiger partial charge in [0, 0.05) is 44.8 Å². The summed E-state index contributed by atoms with van der Waals surface area (Å²) in [5.41, 5.74) is 0.344. The van der Waals surface area contributed by atoms with E-state index in [9.17, 15) is 0 Å². The molecule has 1 aliphatic heterocycles. The van der Waals surface area contributed by atoms with Crippen LogP contribution in [0.25, 0.3) is 0 Å². The number of nitrogens with zero attached hydrogens (tertiary/aromatic N) is 2. The van der Waals surface area contributed by atoms with Crippen molar-refractivity contribution in [2.45, 2.75) is 39.2 Å². The van der Waals surface area contributed by atoms with Gasteiger partial charge in [-0.1, -0.05) is 0 Å². The molecule has 0 bridgehead atoms. The first-order valence-corrected chi connectivity index (χ1v) is 7.24. The van der Waals surface area contributed by atoms with Gasteiger partial charge < -0.3 is 5.32 Å². The van der Waals surface area contributed by atoms with E-state index in [0.29, 0.717) is 5.54 Å². The molecule has 0 aromatic heterocycles. The van der Waals surface area contributed by atoms with Crippen LogP contribution in [0.4, 0.5) is 0 Å². The predicted molar refractivity (Wildman–Crippen MR) is 73.4 cm³/mol. The van der Waals surface area contributed by atoms with Gasteiger partial charge in [-0.3, -0.25) is 9.80 Å². The smallest absolute Gasteiger partial charge is 0.0126 e. The zero-order valence-corrected chi connectivity index (χ0v) is 11.8. The molecule has 1 heterocycles. The summed E-state index contributed by atoms with van der Waals surface area (Å²) in [7, 11) is 0. The molecular formula is C14H29N3. The van der Waals surface area contributed by atoms with E-state index in [4.69, 9.17) is 0 Å². The molecule has 17 heavy (non-hydrogen) atoms. The molecule has 1 N–H and O–H groups in total. The molecular weight excluding hydrogens is 210 g/mol. The standard InChI is InChI=1S/C14H29N3/c1-14(2,3)17-10-8-16(9-11-17)7-6-15-12-13-4-5-13/h13,15H,4-12H2,1-3H3. The lowest BCUT2D eigenvalue weighted by Crippen LogP contribution is -2.54. The van der Waals surface area contributed by atoms with Gasteiger partial charge in [-0.2, -0.15) is 0 Å². The summed E-state index contributed by atoms with van der Waals surface area (Å²) in [4.78, 5) is 5.20. The molecule has 0 spiro atoms. The van der Waals surface area contributed by atoms with Gasteiger partial charge in [0.2, 0.25) is 0 Å². The van der Waals surface area contributed by atoms with E-state index in [-0.39, 0.29) is 0 Å². The summed E-state index contributed by atoms with van der Waals surface area (Å²) in [5.74, 6) is 1.01. The third-order valence-electron chi connectivity index (χ3n) is 4.06. The molecule has 0 atom stereocenters. The van der Waals surface area contributed by atoms with Gasteiger partial charge in [0.05, 0.1) is 0 Å². The van der Waals surface area contributed by atoms with Crippen molar-refractivity contribution < 1.29 is 0 Å². The van der Waals surface area contributed by atoms with Crippen LogP contribution in [-0.4, -0.2) is 61.2 Å². The minimum absolute atomic E-state index is 0.344. The first-order chi connectivity index (χ1) is 8.05. The Morgan fingerprint density at radius 2 is 1.71 bits per heavy atom. The van der Waals surface area contributed by atoms with Crippen LogP contribution in [0.15, 0.2) is 0 Å². The van der Waals surface area contributed by atoms with E-state index < -0.39 is 0 Å². The zero-order valence-electron chi connectivity index (χ0n) is 11.8. The maximum Gasteiger partial charge on any atom is 0.0126 e. The molecule has 2 rings (SSSR count). The van der Waals surface area contributed by atoms with E-state index in [1.54, 1.807) is 0 Å². The van der Waals surface area contributed by atoms with Crippen LogP contribution >= 0.6 is 0 Å². The quantitative estimate of drug-likeness (QED) is 0.732. The summed E-state index contributed by atoms with van der Waals surface area (Å²) in [6.07, 6.45) is 2.91. The number of hydrogen-bond acceptors (Lipinski definition) is 3. The number of nitrogens with one attached hydrogen (secondary N) is 1. The number of hydrogen-bond donors (Lipinski definition) is 1. The van der Waals surface area contributed by atoms with Gasteiger partial charge in [0.25, 0.3) is 0 Å². The molecule has 3 nitrogen and oxygen atoms in total. The molecule has 3 heteroatoms. The van der Waals surface area contributed by atoms with Crippen LogP contribution in [-0.2, 0) is 0 Å². The highest BCUT2D eigenvalue weighted by Crippen LogP contribution is 2.27. The van der Waals surface area contributed by atoms with Crippen molar-refractivity contribution in [3.05, 3.63) is 0 Å². The normalized spacial score (nSPS) is 24.2. The largest absolute Gasteiger partial charge is 0.315 e. The summed E-state index contributed by atoms with van der Waals surface area (Å²) in [6, 6.07) is 0. The topological polar surface area (TPSA) is 18.5 Å². The van der Waals surface area contributed by atoms with E-state index in [1.165, 1.54) is 58.7 Å². The number of piperazine rings is 1. The molecule has 0 radical (unpaired) electrons. The molecule has 1 saturated carbocycles. The van der Waals surface area contributed by atoms with Crippen molar-refractivity contribution in [2.24, 2.45) is 5.92 Å². The zero-order chi connectivity index (χ0) is 12.3. The van der Waals surface area contributed by atoms with Crippen molar-refractivity contribution in [3.8, 4) is 0 Å². The van der Waals surface area contributed by atoms with Gasteiger partial charge in [-0.25, -0.2) is 0 Å². The highest BCUT2D eigenvalue weighted by atomic mass is 15.3. The molecule has 0 aromatic rings. The summed E-state index contributed by atoms with van der Waals surface area (Å²) in [6.45, 7) is 15.5. The Kier molecular flexibility index (Phi) is 4.45. The molecule has 0 unspecified atom stereocenters. The van der Waals surface area contributed by atoms with Crippen molar-refractivity contribution >= 4 is 0 Å². The minimum atomic E-state index is 0.344. The Bertz CT molecular complexity index is 222. The fourth-order valence-corrected chi connectivity index (χ4v) is 2.51. The first-order valence-electron chi connectivity index (χ1n) is 7.24. The lowest BCUT2D eigenvalue weighted by atomic mass is 10.1. The second kappa shape index (κ2) is 5.68. The predicted octanol–water partition coefficient (Wildman–Crippen LogP) is 1.40. The fourth-order valence-electron chi connectivity index (χ4n) is 2.51. The Balaban J connectivity index is 1.55. The Morgan fingerprint density at radius 1 is 1.06 bits per heavy atom. The van der Waals surface area contributed by atoms with Crippen LogP contribution in [0.2, 0.25) is 0 Å². The molecule has 1 aliphatic carbocycles. The SMILES string of the molecule is CC(C)(C)N1CCN(CCNCC2CC2)CC1. The van der Waals surface area contributed by atoms with Crippen LogP contribution in [0, 0.1) is 5.92 Å². The second-order valence-corrected chi connectivity index (χ2v) is 6.65. The summed E-state index contributed by atoms with van der Waals surface area (Å²) in [5, 5.41) is 3.58. The Hall–Kier alpha value is -0.120. The van der Waals surface area contributed by atoms with Crippen molar-refractivity contribution in [1.29, 1.82) is 0 Å². The van der Waals surface area contributed by atoms with Crippen LogP contribution in [0.5, 0.6) is 0 Å². The molecule has 0 aromatic carbocycles. The third kappa shape index (κ3) is 4.57. The van der Waals surface area contributed by atoms with Crippen molar-refractivity contribution in [3.63, 3.8) is 0 Å². The molecule has 0 amide bonds. The van der Waals surface area contributed by atoms with Gasteiger partial charge in [-0.15, -0.1) is 0 Å². The maximum atomic E-state index is 3.58. The summed E-state index contributed by atoms with van der Waals surface area (Å²) >= 11 is 0. The average Bonchev–Trinajstić information content (AvgIpc) is 3.08. The van der Waals surface area contributed by atoms with Crippen molar-refractivity contribution in [2.75, 3.05) is 45.8 Å². The van der Waals surface area contributed by atoms with Gasteiger partial charge >= 0.3 is 0 Å². The van der Waals surface area contributed by atoms with E-state index in [0.717, 1.165) is 5.92 Å². The molecule has 2 aliphatic rings. The Labute approximate surface area is 107 Å². The van der Waals surface area contributed by atoms with Crippen LogP contribution in [0.3, 0.4) is 0 Å². The molecule has 2 fully saturated rings. The van der Waals surface area contributed by atoms with Crippen LogP contribution in [0.1, 0.15) is 33.6 Å². The van der Waals surface area contributed by atoms with Gasteiger partial charge in [-0.05, 0) is 46.1 Å². The van der Waals surface area contributed by atoms with Crippen LogP contribution < -0.4 is 5.32 Å². The van der Waals surface area contributed by atoms with E-state index in [2.05, 4.69) is 35.9 Å². The fraction of sp³-hybridized carbons (Fsp3) is 1.00. The molecule has 1 saturated heterocycles. The third-order valence-corrected chi connectivity index (χ3v) is 4.06.